The predicted octanol–water partition coefficient (Wildman–Crippen LogP) is 3.94. The maximum atomic E-state index is 12.9. The Morgan fingerprint density at radius 1 is 1.14 bits per heavy atom. The number of hydrogen-bond donors (Lipinski definition) is 0. The van der Waals surface area contributed by atoms with Gasteiger partial charge in [0, 0.05) is 5.41 Å². The van der Waals surface area contributed by atoms with E-state index in [1.165, 1.54) is 31.8 Å². The molecule has 0 radical (unpaired) electrons. The zero-order chi connectivity index (χ0) is 21.1. The van der Waals surface area contributed by atoms with E-state index in [0.717, 1.165) is 11.8 Å². The van der Waals surface area contributed by atoms with Gasteiger partial charge < -0.3 is 13.9 Å². The van der Waals surface area contributed by atoms with Crippen molar-refractivity contribution < 1.29 is 23.5 Å². The van der Waals surface area contributed by atoms with Crippen molar-refractivity contribution in [3.63, 3.8) is 0 Å². The van der Waals surface area contributed by atoms with E-state index in [4.69, 9.17) is 13.9 Å². The van der Waals surface area contributed by atoms with Crippen molar-refractivity contribution in [1.29, 1.82) is 0 Å². The molecule has 160 valence electrons. The minimum Gasteiger partial charge on any atom is -0.468 e. The molecule has 1 spiro atoms. The molecular weight excluding hydrogens is 384 g/mol. The largest absolute Gasteiger partial charge is 0.468 e. The van der Waals surface area contributed by atoms with Crippen LogP contribution in [-0.4, -0.2) is 41.1 Å². The second-order valence-electron chi connectivity index (χ2n) is 11.6. The lowest BCUT2D eigenvalue weighted by molar-refractivity contribution is -0.169. The van der Waals surface area contributed by atoms with Gasteiger partial charge in [-0.15, -0.1) is 0 Å². The van der Waals surface area contributed by atoms with Crippen LogP contribution in [0.1, 0.15) is 40.0 Å². The molecule has 6 atom stereocenters. The summed E-state index contributed by atoms with van der Waals surface area (Å²) in [4.78, 5) is 25.7. The molecule has 5 saturated carbocycles. The van der Waals surface area contributed by atoms with Gasteiger partial charge in [0.05, 0.1) is 20.8 Å². The number of carbonyl (C=O) groups excluding carboxylic acids is 2. The van der Waals surface area contributed by atoms with Crippen LogP contribution in [0.4, 0.5) is 0 Å². The van der Waals surface area contributed by atoms with Crippen LogP contribution < -0.4 is 0 Å². The van der Waals surface area contributed by atoms with Crippen LogP contribution >= 0.6 is 0 Å². The Kier molecular flexibility index (Phi) is 3.79. The average Bonchev–Trinajstić information content (AvgIpc) is 3.02. The van der Waals surface area contributed by atoms with Gasteiger partial charge in [-0.1, -0.05) is 26.3 Å². The first-order chi connectivity index (χ1) is 13.5. The topological polar surface area (TPSA) is 61.8 Å². The summed E-state index contributed by atoms with van der Waals surface area (Å²) in [6.07, 6.45) is 2.30. The molecule has 6 aliphatic carbocycles. The summed E-state index contributed by atoms with van der Waals surface area (Å²) in [5.74, 6) is 2.57. The molecule has 0 aromatic carbocycles. The lowest BCUT2D eigenvalue weighted by atomic mass is 9.73. The van der Waals surface area contributed by atoms with E-state index >= 15 is 0 Å². The van der Waals surface area contributed by atoms with Crippen LogP contribution in [0.2, 0.25) is 18.1 Å². The number of rotatable bonds is 5. The minimum atomic E-state index is -1.87. The summed E-state index contributed by atoms with van der Waals surface area (Å²) in [7, 11) is 0.888. The van der Waals surface area contributed by atoms with Crippen LogP contribution in [0.5, 0.6) is 0 Å². The van der Waals surface area contributed by atoms with Crippen LogP contribution in [0.15, 0.2) is 11.1 Å². The highest BCUT2D eigenvalue weighted by Gasteiger charge is 2.87. The van der Waals surface area contributed by atoms with E-state index in [2.05, 4.69) is 33.9 Å². The van der Waals surface area contributed by atoms with Crippen molar-refractivity contribution in [3.05, 3.63) is 11.1 Å². The van der Waals surface area contributed by atoms with E-state index in [9.17, 15) is 9.59 Å². The molecule has 0 amide bonds. The Hall–Kier alpha value is -1.14. The van der Waals surface area contributed by atoms with Gasteiger partial charge >= 0.3 is 11.9 Å². The van der Waals surface area contributed by atoms with Crippen molar-refractivity contribution in [1.82, 2.24) is 0 Å². The molecule has 6 rings (SSSR count). The Labute approximate surface area is 174 Å². The second kappa shape index (κ2) is 5.55. The van der Waals surface area contributed by atoms with Gasteiger partial charge in [-0.3, -0.25) is 9.59 Å². The molecule has 6 heteroatoms. The van der Waals surface area contributed by atoms with E-state index in [1.807, 2.05) is 0 Å². The van der Waals surface area contributed by atoms with E-state index in [1.54, 1.807) is 0 Å². The van der Waals surface area contributed by atoms with Crippen LogP contribution in [-0.2, 0) is 23.5 Å². The minimum absolute atomic E-state index is 0.0223. The van der Waals surface area contributed by atoms with Gasteiger partial charge in [0.2, 0.25) is 0 Å². The molecule has 0 aliphatic heterocycles. The van der Waals surface area contributed by atoms with Crippen molar-refractivity contribution >= 4 is 20.3 Å². The lowest BCUT2D eigenvalue weighted by Crippen LogP contribution is -2.42. The normalized spacial score (nSPS) is 40.3. The van der Waals surface area contributed by atoms with Gasteiger partial charge in [-0.05, 0) is 72.6 Å². The van der Waals surface area contributed by atoms with Gasteiger partial charge in [-0.2, -0.15) is 0 Å². The Morgan fingerprint density at radius 3 is 2.28 bits per heavy atom. The molecule has 5 nitrogen and oxygen atoms in total. The number of methoxy groups -OCH3 is 2. The summed E-state index contributed by atoms with van der Waals surface area (Å²) in [5.41, 5.74) is 1.64. The lowest BCUT2D eigenvalue weighted by Gasteiger charge is -2.37. The number of hydrogen-bond acceptors (Lipinski definition) is 5. The SMILES string of the molecule is COC(=O)C1(C(=O)OC)CC2=C(CO[Si](C)(C)C(C)(C)C)C3C4C5CC3C2(C1)C54. The molecule has 0 aromatic heterocycles. The highest BCUT2D eigenvalue weighted by atomic mass is 28.4. The zero-order valence-electron chi connectivity index (χ0n) is 18.8. The van der Waals surface area contributed by atoms with Crippen molar-refractivity contribution in [2.75, 3.05) is 20.8 Å². The summed E-state index contributed by atoms with van der Waals surface area (Å²) < 4.78 is 16.9. The van der Waals surface area contributed by atoms with Crippen LogP contribution in [0.3, 0.4) is 0 Å². The number of ether oxygens (including phenoxy) is 2. The molecule has 6 bridgehead atoms. The molecule has 0 N–H and O–H groups in total. The van der Waals surface area contributed by atoms with E-state index < -0.39 is 25.7 Å². The second-order valence-corrected chi connectivity index (χ2v) is 16.5. The molecule has 0 saturated heterocycles. The molecular formula is C23H34O5Si. The summed E-state index contributed by atoms with van der Waals surface area (Å²) in [6, 6.07) is 0. The molecule has 29 heavy (non-hydrogen) atoms. The van der Waals surface area contributed by atoms with Crippen molar-refractivity contribution in [3.8, 4) is 0 Å². The third kappa shape index (κ3) is 2.10. The highest BCUT2D eigenvalue weighted by Crippen LogP contribution is 2.91. The van der Waals surface area contributed by atoms with E-state index in [0.29, 0.717) is 37.2 Å². The number of carbonyl (C=O) groups is 2. The Morgan fingerprint density at radius 2 is 1.76 bits per heavy atom. The van der Waals surface area contributed by atoms with Gasteiger partial charge in [0.1, 0.15) is 0 Å². The fourth-order valence-corrected chi connectivity index (χ4v) is 8.67. The van der Waals surface area contributed by atoms with Crippen LogP contribution in [0.25, 0.3) is 0 Å². The Bertz CT molecular complexity index is 821. The number of esters is 2. The standard InChI is InChI=1S/C23H34O5Si/c1-21(2,3)29(6,7)28-10-13-15-9-22(19(24)26-4,20(25)27-5)11-23(15)14-8-12-17(16(13)14)18(12)23/h12,14,16-18H,8-11H2,1-7H3. The molecule has 0 heterocycles. The molecule has 6 unspecified atom stereocenters. The molecule has 5 fully saturated rings. The van der Waals surface area contributed by atoms with Gasteiger partial charge in [0.25, 0.3) is 0 Å². The average molecular weight is 419 g/mol. The first-order valence-electron chi connectivity index (χ1n) is 11.0. The maximum absolute atomic E-state index is 12.9. The first-order valence-corrected chi connectivity index (χ1v) is 13.9. The Balaban J connectivity index is 1.54. The smallest absolute Gasteiger partial charge is 0.323 e. The first kappa shape index (κ1) is 19.8. The monoisotopic (exact) mass is 418 g/mol. The van der Waals surface area contributed by atoms with E-state index in [-0.39, 0.29) is 10.5 Å². The van der Waals surface area contributed by atoms with Crippen molar-refractivity contribution in [2.24, 2.45) is 40.4 Å². The van der Waals surface area contributed by atoms with Crippen LogP contribution in [0, 0.1) is 40.4 Å². The third-order valence-corrected chi connectivity index (χ3v) is 14.3. The highest BCUT2D eigenvalue weighted by molar-refractivity contribution is 6.74. The number of allylic oxidation sites excluding steroid dienone is 1. The fraction of sp³-hybridized carbons (Fsp3) is 0.826. The fourth-order valence-electron chi connectivity index (χ4n) is 7.72. The molecule has 0 aromatic rings. The van der Waals surface area contributed by atoms with Gasteiger partial charge in [-0.25, -0.2) is 0 Å². The summed E-state index contributed by atoms with van der Waals surface area (Å²) in [6.45, 7) is 12.1. The quantitative estimate of drug-likeness (QED) is 0.293. The zero-order valence-corrected chi connectivity index (χ0v) is 19.8. The summed E-state index contributed by atoms with van der Waals surface area (Å²) >= 11 is 0. The predicted molar refractivity (Wildman–Crippen MR) is 110 cm³/mol. The summed E-state index contributed by atoms with van der Waals surface area (Å²) in [5, 5.41) is 0.162. The maximum Gasteiger partial charge on any atom is 0.323 e. The van der Waals surface area contributed by atoms with Crippen molar-refractivity contribution in [2.45, 2.75) is 58.2 Å². The third-order valence-electron chi connectivity index (χ3n) is 9.83. The van der Waals surface area contributed by atoms with Gasteiger partial charge in [0.15, 0.2) is 13.7 Å². The molecule has 6 aliphatic rings.